The van der Waals surface area contributed by atoms with Gasteiger partial charge in [0.25, 0.3) is 0 Å². The molecule has 3 N–H and O–H groups in total. The Kier molecular flexibility index (Phi) is 4.45. The highest BCUT2D eigenvalue weighted by molar-refractivity contribution is 5.91. The second-order valence-corrected chi connectivity index (χ2v) is 4.77. The standard InChI is InChI=1S/C14H20N4O2/c1-3-15-13(19)9-18(2)14(20)12-8-16-10-6-4-5-7-11(10)17-12/h4-7,12,16-17H,3,8-9H2,1-2H3,(H,15,19). The van der Waals surface area contributed by atoms with Crippen LogP contribution in [0.25, 0.3) is 0 Å². The van der Waals surface area contributed by atoms with Gasteiger partial charge >= 0.3 is 0 Å². The van der Waals surface area contributed by atoms with E-state index >= 15 is 0 Å². The number of anilines is 2. The minimum atomic E-state index is -0.357. The molecule has 2 rings (SSSR count). The van der Waals surface area contributed by atoms with Gasteiger partial charge in [-0.25, -0.2) is 0 Å². The molecule has 0 saturated carbocycles. The maximum Gasteiger partial charge on any atom is 0.247 e. The molecule has 1 aromatic rings. The minimum Gasteiger partial charge on any atom is -0.381 e. The minimum absolute atomic E-state index is 0.0759. The summed E-state index contributed by atoms with van der Waals surface area (Å²) in [5.74, 6) is -0.245. The number of hydrogen-bond donors (Lipinski definition) is 3. The maximum absolute atomic E-state index is 12.3. The Morgan fingerprint density at radius 1 is 1.35 bits per heavy atom. The van der Waals surface area contributed by atoms with Crippen LogP contribution in [-0.4, -0.2) is 49.4 Å². The Balaban J connectivity index is 1.95. The molecule has 1 atom stereocenters. The molecular formula is C14H20N4O2. The van der Waals surface area contributed by atoms with Crippen molar-refractivity contribution in [2.45, 2.75) is 13.0 Å². The quantitative estimate of drug-likeness (QED) is 0.748. The Bertz CT molecular complexity index is 504. The first kappa shape index (κ1) is 14.2. The van der Waals surface area contributed by atoms with E-state index in [0.29, 0.717) is 13.1 Å². The van der Waals surface area contributed by atoms with E-state index in [1.54, 1.807) is 7.05 Å². The van der Waals surface area contributed by atoms with Crippen LogP contribution < -0.4 is 16.0 Å². The van der Waals surface area contributed by atoms with Crippen molar-refractivity contribution < 1.29 is 9.59 Å². The summed E-state index contributed by atoms with van der Waals surface area (Å²) in [6, 6.07) is 7.38. The number of amides is 2. The van der Waals surface area contributed by atoms with E-state index in [2.05, 4.69) is 16.0 Å². The molecule has 1 aliphatic heterocycles. The lowest BCUT2D eigenvalue weighted by molar-refractivity contribution is -0.135. The molecule has 6 heteroatoms. The van der Waals surface area contributed by atoms with Gasteiger partial charge in [-0.2, -0.15) is 0 Å². The largest absolute Gasteiger partial charge is 0.381 e. The van der Waals surface area contributed by atoms with Gasteiger partial charge in [-0.15, -0.1) is 0 Å². The third kappa shape index (κ3) is 3.20. The molecule has 0 spiro atoms. The fourth-order valence-corrected chi connectivity index (χ4v) is 2.18. The Hall–Kier alpha value is -2.24. The number of rotatable bonds is 4. The first-order valence-corrected chi connectivity index (χ1v) is 6.73. The molecule has 1 aromatic carbocycles. The monoisotopic (exact) mass is 276 g/mol. The average Bonchev–Trinajstić information content (AvgIpc) is 2.46. The molecule has 1 unspecified atom stereocenters. The molecule has 0 saturated heterocycles. The third-order valence-electron chi connectivity index (χ3n) is 3.18. The van der Waals surface area contributed by atoms with E-state index < -0.39 is 0 Å². The number of para-hydroxylation sites is 2. The zero-order valence-corrected chi connectivity index (χ0v) is 11.8. The highest BCUT2D eigenvalue weighted by Gasteiger charge is 2.26. The number of hydrogen-bond acceptors (Lipinski definition) is 4. The SMILES string of the molecule is CCNC(=O)CN(C)C(=O)C1CNc2ccccc2N1. The lowest BCUT2D eigenvalue weighted by atomic mass is 10.1. The lowest BCUT2D eigenvalue weighted by Crippen LogP contribution is -2.49. The van der Waals surface area contributed by atoms with E-state index in [0.717, 1.165) is 11.4 Å². The van der Waals surface area contributed by atoms with Crippen LogP contribution in [0.2, 0.25) is 0 Å². The van der Waals surface area contributed by atoms with E-state index in [4.69, 9.17) is 0 Å². The summed E-state index contributed by atoms with van der Waals surface area (Å²) >= 11 is 0. The Morgan fingerprint density at radius 3 is 2.75 bits per heavy atom. The number of likely N-dealkylation sites (N-methyl/N-ethyl adjacent to an activating group) is 2. The van der Waals surface area contributed by atoms with E-state index in [9.17, 15) is 9.59 Å². The number of nitrogens with one attached hydrogen (secondary N) is 3. The molecule has 6 nitrogen and oxygen atoms in total. The molecule has 0 radical (unpaired) electrons. The van der Waals surface area contributed by atoms with Crippen LogP contribution >= 0.6 is 0 Å². The number of carbonyl (C=O) groups excluding carboxylic acids is 2. The van der Waals surface area contributed by atoms with Gasteiger partial charge in [-0.05, 0) is 19.1 Å². The van der Waals surface area contributed by atoms with Crippen LogP contribution in [0.15, 0.2) is 24.3 Å². The van der Waals surface area contributed by atoms with Gasteiger partial charge in [0.05, 0.1) is 17.9 Å². The van der Waals surface area contributed by atoms with Crippen molar-refractivity contribution >= 4 is 23.2 Å². The van der Waals surface area contributed by atoms with Gasteiger partial charge in [0.15, 0.2) is 0 Å². The van der Waals surface area contributed by atoms with Gasteiger partial charge < -0.3 is 20.9 Å². The van der Waals surface area contributed by atoms with Gasteiger partial charge in [-0.1, -0.05) is 12.1 Å². The Morgan fingerprint density at radius 2 is 2.05 bits per heavy atom. The summed E-state index contributed by atoms with van der Waals surface area (Å²) in [4.78, 5) is 25.2. The molecule has 2 amide bonds. The van der Waals surface area contributed by atoms with Gasteiger partial charge in [0.2, 0.25) is 11.8 Å². The third-order valence-corrected chi connectivity index (χ3v) is 3.18. The summed E-state index contributed by atoms with van der Waals surface area (Å²) in [6.07, 6.45) is 0. The highest BCUT2D eigenvalue weighted by atomic mass is 16.2. The first-order valence-electron chi connectivity index (χ1n) is 6.73. The second-order valence-electron chi connectivity index (χ2n) is 4.77. The smallest absolute Gasteiger partial charge is 0.247 e. The van der Waals surface area contributed by atoms with Crippen molar-refractivity contribution in [2.75, 3.05) is 37.3 Å². The van der Waals surface area contributed by atoms with Crippen LogP contribution in [-0.2, 0) is 9.59 Å². The summed E-state index contributed by atoms with van der Waals surface area (Å²) < 4.78 is 0. The lowest BCUT2D eigenvalue weighted by Gasteiger charge is -2.30. The summed E-state index contributed by atoms with van der Waals surface area (Å²) in [5.41, 5.74) is 1.89. The Labute approximate surface area is 118 Å². The van der Waals surface area contributed by atoms with Gasteiger partial charge in [-0.3, -0.25) is 9.59 Å². The van der Waals surface area contributed by atoms with Gasteiger partial charge in [0, 0.05) is 20.1 Å². The molecule has 20 heavy (non-hydrogen) atoms. The van der Waals surface area contributed by atoms with E-state index in [1.807, 2.05) is 31.2 Å². The molecular weight excluding hydrogens is 256 g/mol. The molecule has 0 aliphatic carbocycles. The van der Waals surface area contributed by atoms with Crippen molar-refractivity contribution in [3.63, 3.8) is 0 Å². The predicted octanol–water partition coefficient (Wildman–Crippen LogP) is 0.487. The van der Waals surface area contributed by atoms with Crippen molar-refractivity contribution in [2.24, 2.45) is 0 Å². The molecule has 108 valence electrons. The van der Waals surface area contributed by atoms with Crippen LogP contribution in [0, 0.1) is 0 Å². The van der Waals surface area contributed by atoms with E-state index in [1.165, 1.54) is 4.90 Å². The van der Waals surface area contributed by atoms with Crippen molar-refractivity contribution in [3.05, 3.63) is 24.3 Å². The molecule has 1 aliphatic rings. The molecule has 0 aromatic heterocycles. The van der Waals surface area contributed by atoms with Gasteiger partial charge in [0.1, 0.15) is 6.04 Å². The van der Waals surface area contributed by atoms with Crippen LogP contribution in [0.3, 0.4) is 0 Å². The molecule has 0 fully saturated rings. The zero-order valence-electron chi connectivity index (χ0n) is 11.8. The van der Waals surface area contributed by atoms with Crippen molar-refractivity contribution in [1.29, 1.82) is 0 Å². The fourth-order valence-electron chi connectivity index (χ4n) is 2.18. The highest BCUT2D eigenvalue weighted by Crippen LogP contribution is 2.25. The second kappa shape index (κ2) is 6.27. The number of carbonyl (C=O) groups is 2. The topological polar surface area (TPSA) is 73.5 Å². The predicted molar refractivity (Wildman–Crippen MR) is 78.7 cm³/mol. The van der Waals surface area contributed by atoms with E-state index in [-0.39, 0.29) is 24.4 Å². The number of fused-ring (bicyclic) bond motifs is 1. The molecule has 0 bridgehead atoms. The fraction of sp³-hybridized carbons (Fsp3) is 0.429. The summed E-state index contributed by atoms with van der Waals surface area (Å²) in [6.45, 7) is 3.00. The van der Waals surface area contributed by atoms with Crippen LogP contribution in [0.5, 0.6) is 0 Å². The summed E-state index contributed by atoms with van der Waals surface area (Å²) in [7, 11) is 1.64. The van der Waals surface area contributed by atoms with Crippen LogP contribution in [0.4, 0.5) is 11.4 Å². The maximum atomic E-state index is 12.3. The van der Waals surface area contributed by atoms with Crippen molar-refractivity contribution in [1.82, 2.24) is 10.2 Å². The number of nitrogens with zero attached hydrogens (tertiary/aromatic N) is 1. The zero-order chi connectivity index (χ0) is 14.5. The normalized spacial score (nSPS) is 16.4. The van der Waals surface area contributed by atoms with Crippen molar-refractivity contribution in [3.8, 4) is 0 Å². The summed E-state index contributed by atoms with van der Waals surface area (Å²) in [5, 5.41) is 9.09. The number of benzene rings is 1. The average molecular weight is 276 g/mol. The first-order chi connectivity index (χ1) is 9.61. The van der Waals surface area contributed by atoms with Crippen LogP contribution in [0.1, 0.15) is 6.92 Å². The molecule has 1 heterocycles.